The molecule has 36 heavy (non-hydrogen) atoms. The van der Waals surface area contributed by atoms with E-state index in [2.05, 4.69) is 33.2 Å². The average Bonchev–Trinajstić information content (AvgIpc) is 3.59. The van der Waals surface area contributed by atoms with Crippen molar-refractivity contribution in [2.24, 2.45) is 5.41 Å². The number of benzene rings is 2. The maximum Gasteiger partial charge on any atom is 0.311 e. The summed E-state index contributed by atoms with van der Waals surface area (Å²) in [6, 6.07) is 14.4. The fraction of sp³-hybridized carbons (Fsp3) is 0.483. The molecule has 1 aromatic heterocycles. The summed E-state index contributed by atoms with van der Waals surface area (Å²) < 4.78 is 10.8. The second kappa shape index (κ2) is 10.7. The van der Waals surface area contributed by atoms with Crippen molar-refractivity contribution in [2.75, 3.05) is 19.7 Å². The van der Waals surface area contributed by atoms with Gasteiger partial charge in [-0.25, -0.2) is 0 Å². The number of aromatic nitrogens is 2. The van der Waals surface area contributed by atoms with Gasteiger partial charge in [-0.05, 0) is 81.8 Å². The second-order valence-electron chi connectivity index (χ2n) is 10.4. The molecule has 1 saturated heterocycles. The number of ether oxygens (including phenoxy) is 1. The van der Waals surface area contributed by atoms with Crippen LogP contribution in [0.1, 0.15) is 69.4 Å². The van der Waals surface area contributed by atoms with Crippen molar-refractivity contribution in [2.45, 2.75) is 64.8 Å². The van der Waals surface area contributed by atoms with E-state index in [1.165, 1.54) is 36.8 Å². The molecule has 5 rings (SSSR count). The second-order valence-corrected chi connectivity index (χ2v) is 10.8. The van der Waals surface area contributed by atoms with Crippen molar-refractivity contribution in [3.05, 3.63) is 58.6 Å². The highest BCUT2D eigenvalue weighted by molar-refractivity contribution is 6.31. The molecule has 6 nitrogen and oxygen atoms in total. The van der Waals surface area contributed by atoms with Crippen LogP contribution in [0.4, 0.5) is 0 Å². The normalized spacial score (nSPS) is 18.4. The van der Waals surface area contributed by atoms with E-state index in [-0.39, 0.29) is 11.4 Å². The number of likely N-dealkylation sites (tertiary alicyclic amines) is 1. The topological polar surface area (TPSA) is 68.5 Å². The zero-order chi connectivity index (χ0) is 25.1. The Morgan fingerprint density at radius 1 is 1.11 bits per heavy atom. The van der Waals surface area contributed by atoms with E-state index in [1.54, 1.807) is 0 Å². The highest BCUT2D eigenvalue weighted by atomic mass is 35.5. The Morgan fingerprint density at radius 2 is 1.81 bits per heavy atom. The lowest BCUT2D eigenvalue weighted by Gasteiger charge is -2.37. The molecule has 1 saturated carbocycles. The van der Waals surface area contributed by atoms with Gasteiger partial charge in [0, 0.05) is 22.7 Å². The number of piperidine rings is 1. The molecular weight excluding hydrogens is 474 g/mol. The molecule has 2 aromatic carbocycles. The lowest BCUT2D eigenvalue weighted by atomic mass is 9.80. The van der Waals surface area contributed by atoms with Crippen LogP contribution in [0.5, 0.6) is 0 Å². The summed E-state index contributed by atoms with van der Waals surface area (Å²) in [6.07, 6.45) is 6.63. The number of halogens is 1. The molecular formula is C29H34ClN3O3. The first-order chi connectivity index (χ1) is 17.4. The first-order valence-corrected chi connectivity index (χ1v) is 13.5. The predicted octanol–water partition coefficient (Wildman–Crippen LogP) is 6.88. The Labute approximate surface area is 218 Å². The van der Waals surface area contributed by atoms with Gasteiger partial charge in [0.1, 0.15) is 0 Å². The molecule has 0 atom stereocenters. The van der Waals surface area contributed by atoms with Crippen molar-refractivity contribution in [1.82, 2.24) is 15.0 Å². The summed E-state index contributed by atoms with van der Waals surface area (Å²) >= 11 is 6.61. The molecule has 0 unspecified atom stereocenters. The molecule has 190 valence electrons. The van der Waals surface area contributed by atoms with Crippen LogP contribution in [-0.4, -0.2) is 40.7 Å². The van der Waals surface area contributed by atoms with Gasteiger partial charge in [0.15, 0.2) is 0 Å². The van der Waals surface area contributed by atoms with E-state index in [0.717, 1.165) is 48.6 Å². The maximum atomic E-state index is 12.3. The van der Waals surface area contributed by atoms with Gasteiger partial charge < -0.3 is 9.26 Å². The van der Waals surface area contributed by atoms with Crippen molar-refractivity contribution < 1.29 is 14.1 Å². The summed E-state index contributed by atoms with van der Waals surface area (Å²) in [4.78, 5) is 19.3. The van der Waals surface area contributed by atoms with Gasteiger partial charge in [0.25, 0.3) is 5.89 Å². The minimum Gasteiger partial charge on any atom is -0.466 e. The largest absolute Gasteiger partial charge is 0.466 e. The van der Waals surface area contributed by atoms with Crippen LogP contribution in [0, 0.1) is 5.41 Å². The smallest absolute Gasteiger partial charge is 0.311 e. The molecule has 2 fully saturated rings. The third kappa shape index (κ3) is 5.35. The highest BCUT2D eigenvalue weighted by Gasteiger charge is 2.38. The summed E-state index contributed by atoms with van der Waals surface area (Å²) in [5, 5.41) is 4.98. The molecule has 2 heterocycles. The Balaban J connectivity index is 1.20. The molecule has 1 aliphatic heterocycles. The van der Waals surface area contributed by atoms with Crippen molar-refractivity contribution in [3.63, 3.8) is 0 Å². The first kappa shape index (κ1) is 25.0. The molecule has 0 N–H and O–H groups in total. The molecule has 0 bridgehead atoms. The summed E-state index contributed by atoms with van der Waals surface area (Å²) in [5.41, 5.74) is 3.84. The number of hydrogen-bond acceptors (Lipinski definition) is 6. The third-order valence-electron chi connectivity index (χ3n) is 7.81. The molecule has 0 radical (unpaired) electrons. The van der Waals surface area contributed by atoms with E-state index in [0.29, 0.717) is 24.2 Å². The zero-order valence-electron chi connectivity index (χ0n) is 21.1. The van der Waals surface area contributed by atoms with Crippen molar-refractivity contribution in [1.29, 1.82) is 0 Å². The number of hydrogen-bond donors (Lipinski definition) is 0. The van der Waals surface area contributed by atoms with Crippen molar-refractivity contribution in [3.8, 4) is 22.8 Å². The fourth-order valence-electron chi connectivity index (χ4n) is 5.42. The van der Waals surface area contributed by atoms with Gasteiger partial charge in [-0.15, -0.1) is 0 Å². The van der Waals surface area contributed by atoms with E-state index >= 15 is 0 Å². The fourth-order valence-corrected chi connectivity index (χ4v) is 5.75. The predicted molar refractivity (Wildman–Crippen MR) is 141 cm³/mol. The molecule has 1 aliphatic carbocycles. The highest BCUT2D eigenvalue weighted by Crippen LogP contribution is 2.39. The van der Waals surface area contributed by atoms with E-state index in [9.17, 15) is 4.79 Å². The molecule has 0 spiro atoms. The number of nitrogens with zero attached hydrogens (tertiary/aromatic N) is 3. The summed E-state index contributed by atoms with van der Waals surface area (Å²) in [5.74, 6) is 1.54. The maximum absolute atomic E-state index is 12.3. The standard InChI is InChI=1S/C29H34ClN3O3/c1-3-35-28(34)29(2)14-16-33(17-15-29)19-20-8-10-22(11-9-20)26-31-27(36-32-26)23-12-13-24(25(30)18-23)21-6-4-5-7-21/h8-13,18,21H,3-7,14-17,19H2,1-2H3. The van der Waals surface area contributed by atoms with Gasteiger partial charge in [0.2, 0.25) is 5.82 Å². The van der Waals surface area contributed by atoms with E-state index < -0.39 is 0 Å². The van der Waals surface area contributed by atoms with Gasteiger partial charge in [0.05, 0.1) is 12.0 Å². The summed E-state index contributed by atoms with van der Waals surface area (Å²) in [7, 11) is 0. The van der Waals surface area contributed by atoms with Crippen LogP contribution in [-0.2, 0) is 16.1 Å². The monoisotopic (exact) mass is 507 g/mol. The SMILES string of the molecule is CCOC(=O)C1(C)CCN(Cc2ccc(-c3noc(-c4ccc(C5CCCC5)c(Cl)c4)n3)cc2)CC1. The Hall–Kier alpha value is -2.70. The number of rotatable bonds is 7. The quantitative estimate of drug-likeness (QED) is 0.325. The number of carbonyl (C=O) groups is 1. The van der Waals surface area contributed by atoms with Gasteiger partial charge in [-0.1, -0.05) is 59.9 Å². The number of carbonyl (C=O) groups excluding carboxylic acids is 1. The Kier molecular flexibility index (Phi) is 7.44. The Morgan fingerprint density at radius 3 is 2.47 bits per heavy atom. The van der Waals surface area contributed by atoms with Crippen LogP contribution in [0.15, 0.2) is 47.0 Å². The van der Waals surface area contributed by atoms with Gasteiger partial charge in [-0.3, -0.25) is 9.69 Å². The van der Waals surface area contributed by atoms with Crippen LogP contribution < -0.4 is 0 Å². The van der Waals surface area contributed by atoms with Gasteiger partial charge >= 0.3 is 5.97 Å². The van der Waals surface area contributed by atoms with E-state index in [1.807, 2.05) is 38.1 Å². The molecule has 7 heteroatoms. The lowest BCUT2D eigenvalue weighted by molar-refractivity contribution is -0.157. The minimum absolute atomic E-state index is 0.0690. The lowest BCUT2D eigenvalue weighted by Crippen LogP contribution is -2.43. The molecule has 0 amide bonds. The summed E-state index contributed by atoms with van der Waals surface area (Å²) in [6.45, 7) is 6.93. The number of esters is 1. The third-order valence-corrected chi connectivity index (χ3v) is 8.14. The van der Waals surface area contributed by atoms with Gasteiger partial charge in [-0.2, -0.15) is 4.98 Å². The average molecular weight is 508 g/mol. The molecule has 3 aromatic rings. The molecule has 2 aliphatic rings. The first-order valence-electron chi connectivity index (χ1n) is 13.1. The minimum atomic E-state index is -0.367. The Bertz CT molecular complexity index is 1190. The van der Waals surface area contributed by atoms with Crippen molar-refractivity contribution >= 4 is 17.6 Å². The zero-order valence-corrected chi connectivity index (χ0v) is 21.9. The van der Waals surface area contributed by atoms with Crippen LogP contribution in [0.3, 0.4) is 0 Å². The van der Waals surface area contributed by atoms with Crippen LogP contribution in [0.2, 0.25) is 5.02 Å². The van der Waals surface area contributed by atoms with E-state index in [4.69, 9.17) is 20.9 Å². The van der Waals surface area contributed by atoms with Crippen LogP contribution >= 0.6 is 11.6 Å². The van der Waals surface area contributed by atoms with Crippen LogP contribution in [0.25, 0.3) is 22.8 Å².